The number of hydrogen-bond donors (Lipinski definition) is 0. The summed E-state index contributed by atoms with van der Waals surface area (Å²) < 4.78 is 0. The summed E-state index contributed by atoms with van der Waals surface area (Å²) in [6.45, 7) is 0.257. The molecule has 72 valence electrons. The van der Waals surface area contributed by atoms with Gasteiger partial charge in [-0.1, -0.05) is 23.6 Å². The second kappa shape index (κ2) is 4.64. The lowest BCUT2D eigenvalue weighted by atomic mass is 10.3. The number of terminal acetylenes is 1. The maximum absolute atomic E-state index is 11.6. The topological polar surface area (TPSA) is 33.2 Å². The van der Waals surface area contributed by atoms with Crippen LogP contribution in [0.25, 0.3) is 0 Å². The molecule has 1 amide bonds. The number of hydrogen-bond acceptors (Lipinski definition) is 2. The van der Waals surface area contributed by atoms with Crippen LogP contribution in [0.4, 0.5) is 0 Å². The largest absolute Gasteiger partial charge is 0.329 e. The number of pyridine rings is 1. The van der Waals surface area contributed by atoms with E-state index < -0.39 is 0 Å². The van der Waals surface area contributed by atoms with Crippen molar-refractivity contribution in [2.75, 3.05) is 13.6 Å². The van der Waals surface area contributed by atoms with Gasteiger partial charge < -0.3 is 4.90 Å². The number of aromatic nitrogens is 1. The van der Waals surface area contributed by atoms with E-state index in [2.05, 4.69) is 10.9 Å². The first-order chi connectivity index (χ1) is 6.65. The summed E-state index contributed by atoms with van der Waals surface area (Å²) in [5.41, 5.74) is 0.301. The number of nitrogens with zero attached hydrogens (tertiary/aromatic N) is 2. The first-order valence-corrected chi connectivity index (χ1v) is 4.34. The van der Waals surface area contributed by atoms with Crippen molar-refractivity contribution >= 4 is 17.5 Å². The molecule has 1 aromatic rings. The van der Waals surface area contributed by atoms with Crippen molar-refractivity contribution in [2.24, 2.45) is 0 Å². The van der Waals surface area contributed by atoms with Crippen LogP contribution in [0.2, 0.25) is 5.15 Å². The van der Waals surface area contributed by atoms with Gasteiger partial charge in [-0.05, 0) is 12.1 Å². The van der Waals surface area contributed by atoms with E-state index in [1.54, 1.807) is 25.2 Å². The Bertz CT molecular complexity index is 384. The minimum Gasteiger partial charge on any atom is -0.329 e. The van der Waals surface area contributed by atoms with Gasteiger partial charge in [-0.3, -0.25) is 4.79 Å². The van der Waals surface area contributed by atoms with Gasteiger partial charge in [-0.15, -0.1) is 6.42 Å². The summed E-state index contributed by atoms with van der Waals surface area (Å²) in [6.07, 6.45) is 5.08. The van der Waals surface area contributed by atoms with E-state index in [4.69, 9.17) is 18.0 Å². The molecule has 0 unspecified atom stereocenters. The Labute approximate surface area is 87.7 Å². The highest BCUT2D eigenvalue weighted by Crippen LogP contribution is 2.06. The van der Waals surface area contributed by atoms with Gasteiger partial charge in [0.25, 0.3) is 5.91 Å². The minimum absolute atomic E-state index is 0.231. The van der Waals surface area contributed by atoms with Crippen LogP contribution < -0.4 is 0 Å². The fourth-order valence-corrected chi connectivity index (χ4v) is 1.10. The summed E-state index contributed by atoms with van der Waals surface area (Å²) in [5.74, 6) is 2.15. The summed E-state index contributed by atoms with van der Waals surface area (Å²) in [5, 5.41) is 0.296. The molecule has 4 heteroatoms. The third-order valence-corrected chi connectivity index (χ3v) is 1.82. The van der Waals surface area contributed by atoms with Crippen LogP contribution in [-0.2, 0) is 0 Å². The second-order valence-electron chi connectivity index (χ2n) is 2.71. The highest BCUT2D eigenvalue weighted by molar-refractivity contribution is 6.29. The summed E-state index contributed by atoms with van der Waals surface area (Å²) in [6, 6.07) is 4.88. The average molecular weight is 209 g/mol. The van der Waals surface area contributed by atoms with E-state index in [0.717, 1.165) is 0 Å². The van der Waals surface area contributed by atoms with E-state index in [9.17, 15) is 4.79 Å². The Morgan fingerprint density at radius 2 is 2.43 bits per heavy atom. The van der Waals surface area contributed by atoms with Crippen molar-refractivity contribution < 1.29 is 4.79 Å². The third-order valence-electron chi connectivity index (χ3n) is 1.61. The van der Waals surface area contributed by atoms with Crippen LogP contribution in [0.3, 0.4) is 0 Å². The van der Waals surface area contributed by atoms with E-state index in [1.165, 1.54) is 4.90 Å². The lowest BCUT2D eigenvalue weighted by molar-refractivity contribution is 0.0807. The van der Waals surface area contributed by atoms with Gasteiger partial charge in [-0.2, -0.15) is 0 Å². The number of carbonyl (C=O) groups excluding carboxylic acids is 1. The number of rotatable bonds is 2. The van der Waals surface area contributed by atoms with Crippen molar-refractivity contribution in [3.05, 3.63) is 29.0 Å². The molecule has 0 fully saturated rings. The van der Waals surface area contributed by atoms with Crippen molar-refractivity contribution in [3.8, 4) is 12.3 Å². The molecule has 0 bridgehead atoms. The van der Waals surface area contributed by atoms with Gasteiger partial charge in [0.2, 0.25) is 0 Å². The molecule has 0 aliphatic heterocycles. The number of halogens is 1. The second-order valence-corrected chi connectivity index (χ2v) is 3.10. The van der Waals surface area contributed by atoms with Crippen molar-refractivity contribution in [1.82, 2.24) is 9.88 Å². The van der Waals surface area contributed by atoms with Crippen LogP contribution in [-0.4, -0.2) is 29.4 Å². The molecule has 1 heterocycles. The Morgan fingerprint density at radius 3 is 3.00 bits per heavy atom. The van der Waals surface area contributed by atoms with Crippen molar-refractivity contribution in [3.63, 3.8) is 0 Å². The van der Waals surface area contributed by atoms with E-state index in [0.29, 0.717) is 10.8 Å². The molecule has 3 nitrogen and oxygen atoms in total. The zero-order chi connectivity index (χ0) is 10.6. The fourth-order valence-electron chi connectivity index (χ4n) is 0.932. The molecular weight excluding hydrogens is 200 g/mol. The Hall–Kier alpha value is -1.53. The molecule has 0 aliphatic rings. The van der Waals surface area contributed by atoms with Gasteiger partial charge in [0.1, 0.15) is 10.8 Å². The quantitative estimate of drug-likeness (QED) is 0.544. The van der Waals surface area contributed by atoms with Gasteiger partial charge in [-0.25, -0.2) is 4.98 Å². The molecule has 0 N–H and O–H groups in total. The molecule has 1 rings (SSSR count). The molecule has 0 atom stereocenters. The molecule has 1 aromatic heterocycles. The highest BCUT2D eigenvalue weighted by atomic mass is 35.5. The molecule has 14 heavy (non-hydrogen) atoms. The lowest BCUT2D eigenvalue weighted by Gasteiger charge is -2.12. The maximum Gasteiger partial charge on any atom is 0.273 e. The first kappa shape index (κ1) is 10.6. The number of carbonyl (C=O) groups is 1. The van der Waals surface area contributed by atoms with E-state index in [1.807, 2.05) is 0 Å². The van der Waals surface area contributed by atoms with Gasteiger partial charge in [0.15, 0.2) is 0 Å². The standard InChI is InChI=1S/C10H9ClN2O/c1-3-7-13(2)10(14)8-5-4-6-9(11)12-8/h1,4-6H,7H2,2H3. The molecule has 0 radical (unpaired) electrons. The van der Waals surface area contributed by atoms with Crippen LogP contribution >= 0.6 is 11.6 Å². The lowest BCUT2D eigenvalue weighted by Crippen LogP contribution is -2.27. The summed E-state index contributed by atoms with van der Waals surface area (Å²) >= 11 is 5.65. The van der Waals surface area contributed by atoms with Crippen molar-refractivity contribution in [1.29, 1.82) is 0 Å². The minimum atomic E-state index is -0.231. The predicted octanol–water partition coefficient (Wildman–Crippen LogP) is 1.44. The van der Waals surface area contributed by atoms with E-state index in [-0.39, 0.29) is 12.5 Å². The predicted molar refractivity (Wildman–Crippen MR) is 55.0 cm³/mol. The zero-order valence-corrected chi connectivity index (χ0v) is 8.45. The van der Waals surface area contributed by atoms with Crippen molar-refractivity contribution in [2.45, 2.75) is 0 Å². The molecule has 0 aliphatic carbocycles. The summed E-state index contributed by atoms with van der Waals surface area (Å²) in [4.78, 5) is 16.9. The monoisotopic (exact) mass is 208 g/mol. The Kier molecular flexibility index (Phi) is 3.49. The van der Waals surface area contributed by atoms with Gasteiger partial charge in [0.05, 0.1) is 6.54 Å². The van der Waals surface area contributed by atoms with Crippen LogP contribution in [0.15, 0.2) is 18.2 Å². The Balaban J connectivity index is 2.85. The fraction of sp³-hybridized carbons (Fsp3) is 0.200. The van der Waals surface area contributed by atoms with Crippen LogP contribution in [0.1, 0.15) is 10.5 Å². The molecule has 0 aromatic carbocycles. The molecule has 0 spiro atoms. The van der Waals surface area contributed by atoms with Gasteiger partial charge >= 0.3 is 0 Å². The van der Waals surface area contributed by atoms with E-state index >= 15 is 0 Å². The van der Waals surface area contributed by atoms with Crippen LogP contribution in [0, 0.1) is 12.3 Å². The Morgan fingerprint density at radius 1 is 1.71 bits per heavy atom. The number of amides is 1. The normalized spacial score (nSPS) is 9.21. The maximum atomic E-state index is 11.6. The summed E-state index contributed by atoms with van der Waals surface area (Å²) in [7, 11) is 1.62. The highest BCUT2D eigenvalue weighted by Gasteiger charge is 2.11. The zero-order valence-electron chi connectivity index (χ0n) is 7.70. The first-order valence-electron chi connectivity index (χ1n) is 3.96. The average Bonchev–Trinajstić information content (AvgIpc) is 2.17. The SMILES string of the molecule is C#CCN(C)C(=O)c1cccc(Cl)n1. The molecule has 0 saturated heterocycles. The smallest absolute Gasteiger partial charge is 0.273 e. The van der Waals surface area contributed by atoms with Crippen LogP contribution in [0.5, 0.6) is 0 Å². The molecular formula is C10H9ClN2O. The van der Waals surface area contributed by atoms with Gasteiger partial charge in [0, 0.05) is 7.05 Å². The third kappa shape index (κ3) is 2.48. The molecule has 0 saturated carbocycles.